The van der Waals surface area contributed by atoms with Crippen molar-refractivity contribution in [2.24, 2.45) is 0 Å². The summed E-state index contributed by atoms with van der Waals surface area (Å²) in [5.41, 5.74) is 3.66. The van der Waals surface area contributed by atoms with Crippen LogP contribution >= 0.6 is 0 Å². The lowest BCUT2D eigenvalue weighted by Gasteiger charge is -2.16. The molecular formula is C16H16N2O2. The van der Waals surface area contributed by atoms with Crippen molar-refractivity contribution in [3.8, 4) is 0 Å². The Morgan fingerprint density at radius 2 is 2.15 bits per heavy atom. The molecule has 1 aliphatic heterocycles. The Morgan fingerprint density at radius 1 is 1.30 bits per heavy atom. The van der Waals surface area contributed by atoms with Crippen molar-refractivity contribution in [2.45, 2.75) is 19.6 Å². The van der Waals surface area contributed by atoms with Crippen LogP contribution in [0.4, 0.5) is 0 Å². The number of hydrogen-bond donors (Lipinski definition) is 1. The zero-order chi connectivity index (χ0) is 13.8. The average molecular weight is 268 g/mol. The molecule has 0 fully saturated rings. The summed E-state index contributed by atoms with van der Waals surface area (Å²) in [5.74, 6) is -0.324. The second-order valence-electron chi connectivity index (χ2n) is 4.82. The van der Waals surface area contributed by atoms with Crippen molar-refractivity contribution in [3.05, 3.63) is 65.0 Å². The molecule has 0 saturated carbocycles. The smallest absolute Gasteiger partial charge is 0.340 e. The molecule has 0 spiro atoms. The molecule has 2 heterocycles. The summed E-state index contributed by atoms with van der Waals surface area (Å²) >= 11 is 0. The Hall–Kier alpha value is -2.20. The molecule has 20 heavy (non-hydrogen) atoms. The number of rotatable bonds is 3. The van der Waals surface area contributed by atoms with E-state index in [1.165, 1.54) is 0 Å². The minimum absolute atomic E-state index is 0.287. The average Bonchev–Trinajstić information content (AvgIpc) is 2.53. The number of aromatic nitrogens is 1. The molecule has 1 N–H and O–H groups in total. The minimum atomic E-state index is -0.324. The third kappa shape index (κ3) is 2.86. The predicted octanol–water partition coefficient (Wildman–Crippen LogP) is 2.08. The molecule has 0 radical (unpaired) electrons. The maximum Gasteiger partial charge on any atom is 0.340 e. The molecule has 0 unspecified atom stereocenters. The van der Waals surface area contributed by atoms with Gasteiger partial charge < -0.3 is 10.1 Å². The highest BCUT2D eigenvalue weighted by molar-refractivity contribution is 5.89. The van der Waals surface area contributed by atoms with Gasteiger partial charge in [0, 0.05) is 31.4 Å². The van der Waals surface area contributed by atoms with Crippen molar-refractivity contribution in [3.63, 3.8) is 0 Å². The molecule has 0 amide bonds. The van der Waals surface area contributed by atoms with E-state index in [0.717, 1.165) is 36.3 Å². The van der Waals surface area contributed by atoms with Crippen LogP contribution in [0.25, 0.3) is 0 Å². The van der Waals surface area contributed by atoms with E-state index < -0.39 is 0 Å². The van der Waals surface area contributed by atoms with Crippen molar-refractivity contribution in [1.82, 2.24) is 10.3 Å². The maximum absolute atomic E-state index is 12.0. The fourth-order valence-corrected chi connectivity index (χ4v) is 2.26. The van der Waals surface area contributed by atoms with Crippen LogP contribution in [-0.2, 0) is 24.3 Å². The van der Waals surface area contributed by atoms with Gasteiger partial charge in [0.15, 0.2) is 0 Å². The number of ether oxygens (including phenoxy) is 1. The lowest BCUT2D eigenvalue weighted by molar-refractivity contribution is 0.0472. The molecule has 2 aromatic rings. The number of benzene rings is 1. The molecule has 4 heteroatoms. The number of hydrogen-bond acceptors (Lipinski definition) is 4. The van der Waals surface area contributed by atoms with Gasteiger partial charge in [0.25, 0.3) is 0 Å². The first kappa shape index (κ1) is 12.8. The summed E-state index contributed by atoms with van der Waals surface area (Å²) < 4.78 is 5.31. The number of pyridine rings is 1. The number of esters is 1. The lowest BCUT2D eigenvalue weighted by atomic mass is 10.1. The maximum atomic E-state index is 12.0. The second kappa shape index (κ2) is 5.84. The minimum Gasteiger partial charge on any atom is -0.457 e. The van der Waals surface area contributed by atoms with Crippen LogP contribution in [0.3, 0.4) is 0 Å². The van der Waals surface area contributed by atoms with Crippen molar-refractivity contribution in [1.29, 1.82) is 0 Å². The van der Waals surface area contributed by atoms with Crippen LogP contribution in [0.2, 0.25) is 0 Å². The topological polar surface area (TPSA) is 51.2 Å². The molecule has 1 aromatic heterocycles. The first-order valence-corrected chi connectivity index (χ1v) is 6.72. The third-order valence-corrected chi connectivity index (χ3v) is 3.36. The molecule has 0 saturated heterocycles. The molecule has 0 aliphatic carbocycles. The van der Waals surface area contributed by atoms with Gasteiger partial charge in [-0.1, -0.05) is 30.3 Å². The number of fused-ring (bicyclic) bond motifs is 1. The van der Waals surface area contributed by atoms with E-state index in [9.17, 15) is 4.79 Å². The van der Waals surface area contributed by atoms with Crippen LogP contribution in [0.1, 0.15) is 27.2 Å². The Labute approximate surface area is 117 Å². The van der Waals surface area contributed by atoms with Gasteiger partial charge in [-0.25, -0.2) is 4.79 Å². The van der Waals surface area contributed by atoms with E-state index in [1.54, 1.807) is 6.20 Å². The number of nitrogens with zero attached hydrogens (tertiary/aromatic N) is 1. The number of carbonyl (C=O) groups is 1. The fourth-order valence-electron chi connectivity index (χ4n) is 2.26. The van der Waals surface area contributed by atoms with E-state index in [2.05, 4.69) is 10.3 Å². The zero-order valence-corrected chi connectivity index (χ0v) is 11.1. The fraction of sp³-hybridized carbons (Fsp3) is 0.250. The molecule has 3 rings (SSSR count). The molecule has 0 bridgehead atoms. The quantitative estimate of drug-likeness (QED) is 0.866. The first-order valence-electron chi connectivity index (χ1n) is 6.72. The van der Waals surface area contributed by atoms with Gasteiger partial charge >= 0.3 is 5.97 Å². The zero-order valence-electron chi connectivity index (χ0n) is 11.1. The molecule has 1 aromatic carbocycles. The van der Waals surface area contributed by atoms with Crippen LogP contribution in [0, 0.1) is 0 Å². The summed E-state index contributed by atoms with van der Waals surface area (Å²) in [4.78, 5) is 16.4. The van der Waals surface area contributed by atoms with E-state index in [4.69, 9.17) is 4.74 Å². The molecule has 4 nitrogen and oxygen atoms in total. The Kier molecular flexibility index (Phi) is 3.74. The van der Waals surface area contributed by atoms with Crippen LogP contribution < -0.4 is 5.32 Å². The third-order valence-electron chi connectivity index (χ3n) is 3.36. The van der Waals surface area contributed by atoms with Crippen LogP contribution in [0.15, 0.2) is 42.6 Å². The SMILES string of the molecule is O=C(OCc1ccccc1)c1cnc2c(c1)CNCC2. The predicted molar refractivity (Wildman–Crippen MR) is 75.2 cm³/mol. The normalized spacial score (nSPS) is 13.6. The summed E-state index contributed by atoms with van der Waals surface area (Å²) in [6, 6.07) is 11.5. The standard InChI is InChI=1S/C16H16N2O2/c19-16(20-11-12-4-2-1-3-5-12)14-8-13-9-17-7-6-15(13)18-10-14/h1-5,8,10,17H,6-7,9,11H2. The monoisotopic (exact) mass is 268 g/mol. The highest BCUT2D eigenvalue weighted by Gasteiger charge is 2.14. The van der Waals surface area contributed by atoms with Crippen LogP contribution in [0.5, 0.6) is 0 Å². The summed E-state index contributed by atoms with van der Waals surface area (Å²) in [5, 5.41) is 3.27. The van der Waals surface area contributed by atoms with Gasteiger partial charge in [0.1, 0.15) is 6.61 Å². The Morgan fingerprint density at radius 3 is 3.00 bits per heavy atom. The molecule has 1 aliphatic rings. The number of nitrogens with one attached hydrogen (secondary N) is 1. The highest BCUT2D eigenvalue weighted by atomic mass is 16.5. The van der Waals surface area contributed by atoms with Gasteiger partial charge in [-0.2, -0.15) is 0 Å². The van der Waals surface area contributed by atoms with Crippen molar-refractivity contribution >= 4 is 5.97 Å². The van der Waals surface area contributed by atoms with E-state index in [1.807, 2.05) is 36.4 Å². The van der Waals surface area contributed by atoms with Gasteiger partial charge in [0.2, 0.25) is 0 Å². The molecule has 102 valence electrons. The van der Waals surface area contributed by atoms with Crippen molar-refractivity contribution < 1.29 is 9.53 Å². The Bertz CT molecular complexity index is 611. The second-order valence-corrected chi connectivity index (χ2v) is 4.82. The van der Waals surface area contributed by atoms with Crippen molar-refractivity contribution in [2.75, 3.05) is 6.54 Å². The van der Waals surface area contributed by atoms with Gasteiger partial charge in [-0.15, -0.1) is 0 Å². The lowest BCUT2D eigenvalue weighted by Crippen LogP contribution is -2.25. The largest absolute Gasteiger partial charge is 0.457 e. The first-order chi connectivity index (χ1) is 9.83. The summed E-state index contributed by atoms with van der Waals surface area (Å²) in [7, 11) is 0. The summed E-state index contributed by atoms with van der Waals surface area (Å²) in [6.07, 6.45) is 2.52. The highest BCUT2D eigenvalue weighted by Crippen LogP contribution is 2.14. The van der Waals surface area contributed by atoms with E-state index in [0.29, 0.717) is 5.56 Å². The van der Waals surface area contributed by atoms with Crippen LogP contribution in [-0.4, -0.2) is 17.5 Å². The molecular weight excluding hydrogens is 252 g/mol. The van der Waals surface area contributed by atoms with Gasteiger partial charge in [0.05, 0.1) is 5.56 Å². The Balaban J connectivity index is 1.68. The number of carbonyl (C=O) groups excluding carboxylic acids is 1. The van der Waals surface area contributed by atoms with E-state index >= 15 is 0 Å². The summed E-state index contributed by atoms with van der Waals surface area (Å²) in [6.45, 7) is 1.99. The molecule has 0 atom stereocenters. The van der Waals surface area contributed by atoms with Gasteiger partial charge in [-0.3, -0.25) is 4.98 Å². The van der Waals surface area contributed by atoms with Gasteiger partial charge in [-0.05, 0) is 17.2 Å². The van der Waals surface area contributed by atoms with E-state index in [-0.39, 0.29) is 12.6 Å².